The van der Waals surface area contributed by atoms with Gasteiger partial charge in [0.2, 0.25) is 5.91 Å². The van der Waals surface area contributed by atoms with Gasteiger partial charge in [-0.05, 0) is 25.7 Å². The van der Waals surface area contributed by atoms with Gasteiger partial charge in [-0.3, -0.25) is 4.79 Å². The van der Waals surface area contributed by atoms with Crippen LogP contribution in [0.25, 0.3) is 0 Å². The minimum absolute atomic E-state index is 0.0210. The lowest BCUT2D eigenvalue weighted by Crippen LogP contribution is -2.58. The molecule has 2 N–H and O–H groups in total. The van der Waals surface area contributed by atoms with Crippen LogP contribution in [0, 0.1) is 0 Å². The molecule has 0 saturated heterocycles. The van der Waals surface area contributed by atoms with Crippen molar-refractivity contribution in [1.29, 1.82) is 0 Å². The molecule has 2 aliphatic rings. The molecule has 0 spiro atoms. The first kappa shape index (κ1) is 15.1. The summed E-state index contributed by atoms with van der Waals surface area (Å²) in [6.07, 6.45) is 9.86. The van der Waals surface area contributed by atoms with Crippen molar-refractivity contribution in [2.45, 2.75) is 75.8 Å². The number of nitrogens with one attached hydrogen (secondary N) is 2. The van der Waals surface area contributed by atoms with Crippen LogP contribution in [0.2, 0.25) is 0 Å². The normalized spacial score (nSPS) is 22.9. The van der Waals surface area contributed by atoms with Crippen LogP contribution in [0.5, 0.6) is 0 Å². The van der Waals surface area contributed by atoms with Crippen molar-refractivity contribution >= 4 is 12.0 Å². The van der Waals surface area contributed by atoms with Gasteiger partial charge >= 0.3 is 6.09 Å². The molecular formula is C15H26N2O3. The second kappa shape index (κ2) is 6.95. The number of methoxy groups -OCH3 is 1. The number of ether oxygens (including phenoxy) is 1. The fourth-order valence-electron chi connectivity index (χ4n) is 3.38. The largest absolute Gasteiger partial charge is 0.453 e. The Hall–Kier alpha value is -1.26. The highest BCUT2D eigenvalue weighted by Crippen LogP contribution is 2.30. The number of amides is 2. The van der Waals surface area contributed by atoms with Crippen molar-refractivity contribution in [1.82, 2.24) is 10.6 Å². The molecule has 114 valence electrons. The lowest BCUT2D eigenvalue weighted by molar-refractivity contribution is -0.128. The first-order valence-corrected chi connectivity index (χ1v) is 7.83. The lowest BCUT2D eigenvalue weighted by atomic mass is 9.95. The van der Waals surface area contributed by atoms with E-state index in [-0.39, 0.29) is 11.9 Å². The van der Waals surface area contributed by atoms with Gasteiger partial charge in [0.1, 0.15) is 5.54 Å². The fourth-order valence-corrected chi connectivity index (χ4v) is 3.38. The van der Waals surface area contributed by atoms with E-state index in [1.807, 2.05) is 0 Å². The van der Waals surface area contributed by atoms with Crippen LogP contribution in [-0.2, 0) is 9.53 Å². The smallest absolute Gasteiger partial charge is 0.407 e. The van der Waals surface area contributed by atoms with Crippen molar-refractivity contribution in [3.8, 4) is 0 Å². The molecular weight excluding hydrogens is 256 g/mol. The quantitative estimate of drug-likeness (QED) is 0.781. The molecule has 0 heterocycles. The minimum Gasteiger partial charge on any atom is -0.453 e. The standard InChI is InChI=1S/C15H26N2O3/c1-20-14(19)17-15(10-6-7-11-15)13(18)16-12-8-4-2-3-5-9-12/h12H,2-11H2,1H3,(H,16,18)(H,17,19). The molecule has 2 saturated carbocycles. The van der Waals surface area contributed by atoms with Crippen molar-refractivity contribution < 1.29 is 14.3 Å². The molecule has 0 aliphatic heterocycles. The molecule has 5 nitrogen and oxygen atoms in total. The molecule has 2 fully saturated rings. The van der Waals surface area contributed by atoms with E-state index in [1.54, 1.807) is 0 Å². The number of hydrogen-bond acceptors (Lipinski definition) is 3. The van der Waals surface area contributed by atoms with E-state index in [0.29, 0.717) is 12.8 Å². The average molecular weight is 282 g/mol. The first-order valence-electron chi connectivity index (χ1n) is 7.83. The average Bonchev–Trinajstić information content (AvgIpc) is 2.77. The highest BCUT2D eigenvalue weighted by atomic mass is 16.5. The molecule has 2 aliphatic carbocycles. The van der Waals surface area contributed by atoms with Gasteiger partial charge in [0, 0.05) is 6.04 Å². The van der Waals surface area contributed by atoms with E-state index >= 15 is 0 Å². The molecule has 0 unspecified atom stereocenters. The maximum Gasteiger partial charge on any atom is 0.407 e. The monoisotopic (exact) mass is 282 g/mol. The molecule has 2 amide bonds. The van der Waals surface area contributed by atoms with Crippen LogP contribution in [0.15, 0.2) is 0 Å². The third-order valence-corrected chi connectivity index (χ3v) is 4.61. The molecule has 0 aromatic rings. The number of hydrogen-bond donors (Lipinski definition) is 2. The fraction of sp³-hybridized carbons (Fsp3) is 0.867. The predicted molar refractivity (Wildman–Crippen MR) is 76.4 cm³/mol. The second-order valence-corrected chi connectivity index (χ2v) is 6.07. The summed E-state index contributed by atoms with van der Waals surface area (Å²) < 4.78 is 4.67. The van der Waals surface area contributed by atoms with Crippen LogP contribution < -0.4 is 10.6 Å². The van der Waals surface area contributed by atoms with E-state index in [9.17, 15) is 9.59 Å². The zero-order valence-electron chi connectivity index (χ0n) is 12.4. The Morgan fingerprint density at radius 2 is 1.60 bits per heavy atom. The van der Waals surface area contributed by atoms with Gasteiger partial charge in [0.05, 0.1) is 7.11 Å². The first-order chi connectivity index (χ1) is 9.66. The van der Waals surface area contributed by atoms with E-state index in [1.165, 1.54) is 32.8 Å². The Balaban J connectivity index is 1.97. The Morgan fingerprint density at radius 3 is 2.15 bits per heavy atom. The number of rotatable bonds is 3. The highest BCUT2D eigenvalue weighted by Gasteiger charge is 2.43. The number of carbonyl (C=O) groups is 2. The molecule has 2 rings (SSSR count). The number of alkyl carbamates (subject to hydrolysis) is 1. The van der Waals surface area contributed by atoms with Gasteiger partial charge in [-0.15, -0.1) is 0 Å². The zero-order chi connectivity index (χ0) is 14.4. The molecule has 5 heteroatoms. The summed E-state index contributed by atoms with van der Waals surface area (Å²) in [7, 11) is 1.33. The van der Waals surface area contributed by atoms with E-state index in [0.717, 1.165) is 25.7 Å². The molecule has 0 aromatic heterocycles. The van der Waals surface area contributed by atoms with E-state index in [2.05, 4.69) is 15.4 Å². The topological polar surface area (TPSA) is 67.4 Å². The van der Waals surface area contributed by atoms with E-state index < -0.39 is 11.6 Å². The second-order valence-electron chi connectivity index (χ2n) is 6.07. The zero-order valence-corrected chi connectivity index (χ0v) is 12.4. The molecule has 0 radical (unpaired) electrons. The summed E-state index contributed by atoms with van der Waals surface area (Å²) in [5.74, 6) is -0.0210. The Bertz CT molecular complexity index is 343. The lowest BCUT2D eigenvalue weighted by Gasteiger charge is -2.30. The molecule has 0 aromatic carbocycles. The van der Waals surface area contributed by atoms with Gasteiger partial charge < -0.3 is 15.4 Å². The Labute approximate surface area is 120 Å². The summed E-state index contributed by atoms with van der Waals surface area (Å²) >= 11 is 0. The third-order valence-electron chi connectivity index (χ3n) is 4.61. The van der Waals surface area contributed by atoms with E-state index in [4.69, 9.17) is 0 Å². The van der Waals surface area contributed by atoms with Crippen molar-refractivity contribution in [2.75, 3.05) is 7.11 Å². The highest BCUT2D eigenvalue weighted by molar-refractivity contribution is 5.90. The SMILES string of the molecule is COC(=O)NC1(C(=O)NC2CCCCCC2)CCCC1. The molecule has 0 bridgehead atoms. The molecule has 0 atom stereocenters. The maximum atomic E-state index is 12.6. The Kier molecular flexibility index (Phi) is 5.26. The summed E-state index contributed by atoms with van der Waals surface area (Å²) in [6, 6.07) is 0.266. The summed E-state index contributed by atoms with van der Waals surface area (Å²) in [6.45, 7) is 0. The van der Waals surface area contributed by atoms with Crippen LogP contribution in [-0.4, -0.2) is 30.7 Å². The van der Waals surface area contributed by atoms with Gasteiger partial charge in [-0.25, -0.2) is 4.79 Å². The van der Waals surface area contributed by atoms with Crippen LogP contribution in [0.1, 0.15) is 64.2 Å². The van der Waals surface area contributed by atoms with Gasteiger partial charge in [-0.2, -0.15) is 0 Å². The van der Waals surface area contributed by atoms with Crippen molar-refractivity contribution in [3.63, 3.8) is 0 Å². The van der Waals surface area contributed by atoms with Crippen molar-refractivity contribution in [2.24, 2.45) is 0 Å². The van der Waals surface area contributed by atoms with Crippen LogP contribution in [0.4, 0.5) is 4.79 Å². The summed E-state index contributed by atoms with van der Waals surface area (Å²) in [5, 5.41) is 5.94. The summed E-state index contributed by atoms with van der Waals surface area (Å²) in [5.41, 5.74) is -0.751. The van der Waals surface area contributed by atoms with Crippen LogP contribution >= 0.6 is 0 Å². The van der Waals surface area contributed by atoms with Gasteiger partial charge in [0.25, 0.3) is 0 Å². The van der Waals surface area contributed by atoms with Crippen molar-refractivity contribution in [3.05, 3.63) is 0 Å². The number of carbonyl (C=O) groups excluding carboxylic acids is 2. The molecule has 20 heavy (non-hydrogen) atoms. The minimum atomic E-state index is -0.751. The van der Waals surface area contributed by atoms with Gasteiger partial charge in [0.15, 0.2) is 0 Å². The predicted octanol–water partition coefficient (Wildman–Crippen LogP) is 2.49. The van der Waals surface area contributed by atoms with Crippen LogP contribution in [0.3, 0.4) is 0 Å². The maximum absolute atomic E-state index is 12.6. The summed E-state index contributed by atoms with van der Waals surface area (Å²) in [4.78, 5) is 24.1. The third kappa shape index (κ3) is 3.64. The van der Waals surface area contributed by atoms with Gasteiger partial charge in [-0.1, -0.05) is 38.5 Å². The Morgan fingerprint density at radius 1 is 1.00 bits per heavy atom.